The summed E-state index contributed by atoms with van der Waals surface area (Å²) in [5.74, 6) is 0.648. The average molecular weight is 230 g/mol. The minimum atomic E-state index is 0.212. The van der Waals surface area contributed by atoms with Crippen LogP contribution in [0.25, 0.3) is 0 Å². The van der Waals surface area contributed by atoms with Gasteiger partial charge in [-0.25, -0.2) is 4.98 Å². The predicted octanol–water partition coefficient (Wildman–Crippen LogP) is 2.15. The zero-order valence-electron chi connectivity index (χ0n) is 8.96. The van der Waals surface area contributed by atoms with Gasteiger partial charge in [-0.1, -0.05) is 18.5 Å². The highest BCUT2D eigenvalue weighted by atomic mass is 35.5. The molecule has 0 saturated heterocycles. The first-order valence-electron chi connectivity index (χ1n) is 4.83. The van der Waals surface area contributed by atoms with Gasteiger partial charge in [0, 0.05) is 7.11 Å². The zero-order valence-corrected chi connectivity index (χ0v) is 9.71. The van der Waals surface area contributed by atoms with E-state index in [-0.39, 0.29) is 6.04 Å². The van der Waals surface area contributed by atoms with Crippen LogP contribution in [0.2, 0.25) is 5.02 Å². The Morgan fingerprint density at radius 2 is 2.40 bits per heavy atom. The fourth-order valence-corrected chi connectivity index (χ4v) is 1.44. The average Bonchev–Trinajstić information content (AvgIpc) is 2.21. The summed E-state index contributed by atoms with van der Waals surface area (Å²) < 4.78 is 5.07. The maximum atomic E-state index is 5.98. The van der Waals surface area contributed by atoms with Gasteiger partial charge in [0.2, 0.25) is 0 Å². The van der Waals surface area contributed by atoms with Crippen molar-refractivity contribution in [2.75, 3.05) is 24.8 Å². The lowest BCUT2D eigenvalue weighted by atomic mass is 10.2. The lowest BCUT2D eigenvalue weighted by Gasteiger charge is -2.17. The second kappa shape index (κ2) is 5.78. The summed E-state index contributed by atoms with van der Waals surface area (Å²) in [4.78, 5) is 4.12. The molecule has 1 rings (SSSR count). The Morgan fingerprint density at radius 1 is 1.67 bits per heavy atom. The first-order chi connectivity index (χ1) is 7.17. The third-order valence-corrected chi connectivity index (χ3v) is 2.35. The lowest BCUT2D eigenvalue weighted by Crippen LogP contribution is -2.24. The molecule has 0 saturated carbocycles. The van der Waals surface area contributed by atoms with Crippen LogP contribution in [-0.2, 0) is 4.74 Å². The molecule has 0 aliphatic heterocycles. The molecule has 5 heteroatoms. The Labute approximate surface area is 94.8 Å². The van der Waals surface area contributed by atoms with Crippen LogP contribution in [0, 0.1) is 0 Å². The van der Waals surface area contributed by atoms with Gasteiger partial charge >= 0.3 is 0 Å². The van der Waals surface area contributed by atoms with E-state index in [4.69, 9.17) is 22.1 Å². The standard InChI is InChI=1S/C10H16ClN3O/c1-3-8(6-15-2)14-10-9(11)4-7(12)5-13-10/h4-5,8H,3,6,12H2,1-2H3,(H,13,14). The van der Waals surface area contributed by atoms with Crippen molar-refractivity contribution in [3.05, 3.63) is 17.3 Å². The number of hydrogen-bond donors (Lipinski definition) is 2. The zero-order chi connectivity index (χ0) is 11.3. The number of nitrogens with two attached hydrogens (primary N) is 1. The fraction of sp³-hybridized carbons (Fsp3) is 0.500. The molecule has 0 aliphatic carbocycles. The van der Waals surface area contributed by atoms with Crippen molar-refractivity contribution >= 4 is 23.1 Å². The van der Waals surface area contributed by atoms with Crippen molar-refractivity contribution in [1.29, 1.82) is 0 Å². The smallest absolute Gasteiger partial charge is 0.145 e. The minimum Gasteiger partial charge on any atom is -0.397 e. The monoisotopic (exact) mass is 229 g/mol. The molecule has 84 valence electrons. The summed E-state index contributed by atoms with van der Waals surface area (Å²) in [6.45, 7) is 2.70. The van der Waals surface area contributed by atoms with Crippen molar-refractivity contribution in [2.45, 2.75) is 19.4 Å². The van der Waals surface area contributed by atoms with Crippen LogP contribution in [0.15, 0.2) is 12.3 Å². The highest BCUT2D eigenvalue weighted by Crippen LogP contribution is 2.22. The molecule has 15 heavy (non-hydrogen) atoms. The Balaban J connectivity index is 2.70. The van der Waals surface area contributed by atoms with Crippen molar-refractivity contribution < 1.29 is 4.74 Å². The Hall–Kier alpha value is -1.00. The molecule has 0 spiro atoms. The van der Waals surface area contributed by atoms with Gasteiger partial charge in [-0.15, -0.1) is 0 Å². The lowest BCUT2D eigenvalue weighted by molar-refractivity contribution is 0.184. The molecule has 0 aliphatic rings. The number of rotatable bonds is 5. The van der Waals surface area contributed by atoms with Crippen molar-refractivity contribution in [3.63, 3.8) is 0 Å². The van der Waals surface area contributed by atoms with Crippen LogP contribution in [-0.4, -0.2) is 24.7 Å². The van der Waals surface area contributed by atoms with Gasteiger partial charge in [0.25, 0.3) is 0 Å². The summed E-state index contributed by atoms with van der Waals surface area (Å²) in [5, 5.41) is 3.73. The fourth-order valence-electron chi connectivity index (χ4n) is 1.22. The number of methoxy groups -OCH3 is 1. The van der Waals surface area contributed by atoms with Crippen molar-refractivity contribution in [3.8, 4) is 0 Å². The molecule has 1 heterocycles. The third-order valence-electron chi connectivity index (χ3n) is 2.06. The molecule has 0 amide bonds. The van der Waals surface area contributed by atoms with Gasteiger partial charge in [0.1, 0.15) is 5.82 Å². The Bertz CT molecular complexity index is 320. The number of hydrogen-bond acceptors (Lipinski definition) is 4. The number of halogens is 1. The van der Waals surface area contributed by atoms with Gasteiger partial charge in [0.15, 0.2) is 0 Å². The molecular weight excluding hydrogens is 214 g/mol. The van der Waals surface area contributed by atoms with E-state index >= 15 is 0 Å². The predicted molar refractivity (Wildman–Crippen MR) is 63.2 cm³/mol. The van der Waals surface area contributed by atoms with Gasteiger partial charge in [0.05, 0.1) is 29.6 Å². The second-order valence-electron chi connectivity index (χ2n) is 3.30. The van der Waals surface area contributed by atoms with E-state index in [0.29, 0.717) is 23.1 Å². The summed E-state index contributed by atoms with van der Waals surface area (Å²) in [7, 11) is 1.67. The molecule has 0 fully saturated rings. The Morgan fingerprint density at radius 3 is 2.93 bits per heavy atom. The van der Waals surface area contributed by atoms with Gasteiger partial charge < -0.3 is 15.8 Å². The third kappa shape index (κ3) is 3.57. The molecule has 1 atom stereocenters. The maximum Gasteiger partial charge on any atom is 0.145 e. The van der Waals surface area contributed by atoms with Crippen LogP contribution < -0.4 is 11.1 Å². The number of nitrogens with zero attached hydrogens (tertiary/aromatic N) is 1. The molecule has 1 aromatic rings. The SMILES string of the molecule is CCC(COC)Nc1ncc(N)cc1Cl. The second-order valence-corrected chi connectivity index (χ2v) is 3.71. The number of nitrogen functional groups attached to an aromatic ring is 1. The van der Waals surface area contributed by atoms with Crippen LogP contribution in [0.1, 0.15) is 13.3 Å². The highest BCUT2D eigenvalue weighted by Gasteiger charge is 2.09. The Kier molecular flexibility index (Phi) is 4.65. The van der Waals surface area contributed by atoms with Crippen molar-refractivity contribution in [1.82, 2.24) is 4.98 Å². The van der Waals surface area contributed by atoms with Crippen molar-refractivity contribution in [2.24, 2.45) is 0 Å². The highest BCUT2D eigenvalue weighted by molar-refractivity contribution is 6.33. The number of aromatic nitrogens is 1. The largest absolute Gasteiger partial charge is 0.397 e. The van der Waals surface area contributed by atoms with Crippen LogP contribution >= 0.6 is 11.6 Å². The molecule has 4 nitrogen and oxygen atoms in total. The topological polar surface area (TPSA) is 60.2 Å². The van der Waals surface area contributed by atoms with E-state index in [2.05, 4.69) is 17.2 Å². The number of ether oxygens (including phenoxy) is 1. The maximum absolute atomic E-state index is 5.98. The first kappa shape index (κ1) is 12.1. The molecule has 1 aromatic heterocycles. The minimum absolute atomic E-state index is 0.212. The molecule has 0 bridgehead atoms. The molecular formula is C10H16ClN3O. The molecule has 3 N–H and O–H groups in total. The quantitative estimate of drug-likeness (QED) is 0.812. The van der Waals surface area contributed by atoms with E-state index in [1.54, 1.807) is 19.4 Å². The van der Waals surface area contributed by atoms with Gasteiger partial charge in [-0.2, -0.15) is 0 Å². The van der Waals surface area contributed by atoms with E-state index in [0.717, 1.165) is 6.42 Å². The van der Waals surface area contributed by atoms with Gasteiger partial charge in [-0.05, 0) is 12.5 Å². The van der Waals surface area contributed by atoms with Crippen LogP contribution in [0.4, 0.5) is 11.5 Å². The number of anilines is 2. The van der Waals surface area contributed by atoms with E-state index in [1.807, 2.05) is 0 Å². The first-order valence-corrected chi connectivity index (χ1v) is 5.21. The summed E-state index contributed by atoms with van der Waals surface area (Å²) >= 11 is 5.98. The van der Waals surface area contributed by atoms with Crippen LogP contribution in [0.3, 0.4) is 0 Å². The van der Waals surface area contributed by atoms with Gasteiger partial charge in [-0.3, -0.25) is 0 Å². The summed E-state index contributed by atoms with van der Waals surface area (Å²) in [5.41, 5.74) is 6.11. The van der Waals surface area contributed by atoms with E-state index in [1.165, 1.54) is 0 Å². The van der Waals surface area contributed by atoms with E-state index < -0.39 is 0 Å². The molecule has 0 radical (unpaired) electrons. The van der Waals surface area contributed by atoms with Crippen LogP contribution in [0.5, 0.6) is 0 Å². The number of nitrogens with one attached hydrogen (secondary N) is 1. The van der Waals surface area contributed by atoms with E-state index in [9.17, 15) is 0 Å². The normalized spacial score (nSPS) is 12.5. The molecule has 1 unspecified atom stereocenters. The number of pyridine rings is 1. The summed E-state index contributed by atoms with van der Waals surface area (Å²) in [6.07, 6.45) is 2.52. The molecule has 0 aromatic carbocycles. The summed E-state index contributed by atoms with van der Waals surface area (Å²) in [6, 6.07) is 1.89.